The topological polar surface area (TPSA) is 181 Å². The van der Waals surface area contributed by atoms with Crippen molar-refractivity contribution in [2.75, 3.05) is 65.0 Å². The number of hydrogen-bond donors (Lipinski definition) is 2. The third-order valence-electron chi connectivity index (χ3n) is 13.4. The van der Waals surface area contributed by atoms with Gasteiger partial charge < -0.3 is 38.8 Å². The number of likely N-dealkylation sites (tertiary alicyclic amines) is 1. The van der Waals surface area contributed by atoms with Crippen molar-refractivity contribution in [3.63, 3.8) is 0 Å². The summed E-state index contributed by atoms with van der Waals surface area (Å²) in [5.74, 6) is -1.89. The van der Waals surface area contributed by atoms with Crippen molar-refractivity contribution >= 4 is 46.4 Å². The third-order valence-corrected chi connectivity index (χ3v) is 13.4. The zero-order valence-corrected chi connectivity index (χ0v) is 39.3. The van der Waals surface area contributed by atoms with Gasteiger partial charge in [-0.3, -0.25) is 34.0 Å². The Morgan fingerprint density at radius 2 is 1.89 bits per heavy atom. The fourth-order valence-electron chi connectivity index (χ4n) is 9.96. The lowest BCUT2D eigenvalue weighted by molar-refractivity contribution is -0.156. The molecule has 3 saturated heterocycles. The number of likely N-dealkylation sites (N-methyl/N-ethyl adjacent to an activating group) is 1. The second kappa shape index (κ2) is 20.0. The Morgan fingerprint density at radius 3 is 2.62 bits per heavy atom. The number of morpholine rings is 1. The summed E-state index contributed by atoms with van der Waals surface area (Å²) < 4.78 is 20.5. The van der Waals surface area contributed by atoms with Crippen molar-refractivity contribution in [2.45, 2.75) is 111 Å². The molecule has 65 heavy (non-hydrogen) atoms. The minimum Gasteiger partial charge on any atom is -0.464 e. The average Bonchev–Trinajstić information content (AvgIpc) is 3.92. The molecular formula is C48H67N9O8. The van der Waals surface area contributed by atoms with Gasteiger partial charge in [0.15, 0.2) is 0 Å². The van der Waals surface area contributed by atoms with E-state index in [0.717, 1.165) is 39.4 Å². The summed E-state index contributed by atoms with van der Waals surface area (Å²) in [5, 5.41) is 4.46. The first-order chi connectivity index (χ1) is 31.0. The predicted molar refractivity (Wildman–Crippen MR) is 245 cm³/mol. The zero-order chi connectivity index (χ0) is 46.7. The van der Waals surface area contributed by atoms with Crippen LogP contribution in [0.2, 0.25) is 0 Å². The maximum absolute atomic E-state index is 14.7. The minimum atomic E-state index is -1.07. The van der Waals surface area contributed by atoms with Gasteiger partial charge in [-0.1, -0.05) is 34.3 Å². The van der Waals surface area contributed by atoms with Gasteiger partial charge in [-0.2, -0.15) is 0 Å². The van der Waals surface area contributed by atoms with Gasteiger partial charge in [-0.25, -0.2) is 10.4 Å². The lowest BCUT2D eigenvalue weighted by Crippen LogP contribution is -2.62. The van der Waals surface area contributed by atoms with Crippen molar-refractivity contribution in [1.29, 1.82) is 0 Å². The lowest BCUT2D eigenvalue weighted by atomic mass is 9.85. The summed E-state index contributed by atoms with van der Waals surface area (Å²) in [7, 11) is 3.28. The number of esters is 1. The van der Waals surface area contributed by atoms with Crippen LogP contribution in [0.4, 0.5) is 5.82 Å². The number of cyclic esters (lactones) is 1. The Bertz CT molecular complexity index is 2280. The van der Waals surface area contributed by atoms with E-state index in [4.69, 9.17) is 24.2 Å². The number of aryl methyl sites for hydroxylation is 1. The summed E-state index contributed by atoms with van der Waals surface area (Å²) in [6.07, 6.45) is 4.38. The highest BCUT2D eigenvalue weighted by atomic mass is 16.5. The van der Waals surface area contributed by atoms with E-state index in [9.17, 15) is 24.0 Å². The minimum absolute atomic E-state index is 0.111. The summed E-state index contributed by atoms with van der Waals surface area (Å²) in [6.45, 7) is 18.6. The molecule has 0 aliphatic carbocycles. The van der Waals surface area contributed by atoms with Crippen molar-refractivity contribution in [1.82, 2.24) is 40.1 Å². The van der Waals surface area contributed by atoms with E-state index in [1.54, 1.807) is 25.3 Å². The maximum atomic E-state index is 14.7. The molecule has 0 aromatic carbocycles. The molecule has 1 unspecified atom stereocenters. The van der Waals surface area contributed by atoms with Crippen LogP contribution in [-0.2, 0) is 51.1 Å². The van der Waals surface area contributed by atoms with Crippen molar-refractivity contribution in [2.24, 2.45) is 17.3 Å². The quantitative estimate of drug-likeness (QED) is 0.221. The van der Waals surface area contributed by atoms with E-state index < -0.39 is 53.3 Å². The first-order valence-corrected chi connectivity index (χ1v) is 23.1. The van der Waals surface area contributed by atoms with E-state index >= 15 is 0 Å². The van der Waals surface area contributed by atoms with Crippen LogP contribution in [0.3, 0.4) is 0 Å². The Hall–Kier alpha value is -5.39. The Balaban J connectivity index is 1.24. The Morgan fingerprint density at radius 1 is 1.11 bits per heavy atom. The molecule has 352 valence electrons. The molecule has 17 heteroatoms. The average molecular weight is 898 g/mol. The molecule has 0 saturated carbocycles. The number of nitrogens with zero attached hydrogens (tertiary/aromatic N) is 7. The number of anilines is 1. The molecule has 2 N–H and O–H groups in total. The number of nitrogens with one attached hydrogen (secondary N) is 2. The number of amides is 4. The van der Waals surface area contributed by atoms with Crippen LogP contribution in [0, 0.1) is 17.3 Å². The molecule has 3 fully saturated rings. The van der Waals surface area contributed by atoms with Gasteiger partial charge in [-0.15, -0.1) is 0 Å². The fourth-order valence-corrected chi connectivity index (χ4v) is 9.96. The highest BCUT2D eigenvalue weighted by Crippen LogP contribution is 2.41. The van der Waals surface area contributed by atoms with Crippen LogP contribution in [0.5, 0.6) is 0 Å². The Labute approximate surface area is 382 Å². The van der Waals surface area contributed by atoms with Gasteiger partial charge >= 0.3 is 5.97 Å². The molecule has 3 aromatic rings. The van der Waals surface area contributed by atoms with E-state index in [1.807, 2.05) is 32.9 Å². The first-order valence-electron chi connectivity index (χ1n) is 23.1. The fraction of sp³-hybridized carbons (Fsp3) is 0.604. The number of methoxy groups -OCH3 is 1. The molecule has 0 radical (unpaired) electrons. The van der Waals surface area contributed by atoms with E-state index in [-0.39, 0.29) is 43.4 Å². The molecule has 7 rings (SSSR count). The predicted octanol–water partition coefficient (Wildman–Crippen LogP) is 4.04. The van der Waals surface area contributed by atoms with E-state index in [0.29, 0.717) is 65.0 Å². The normalized spacial score (nSPS) is 23.7. The molecule has 6 bridgehead atoms. The van der Waals surface area contributed by atoms with Gasteiger partial charge in [0.25, 0.3) is 5.91 Å². The summed E-state index contributed by atoms with van der Waals surface area (Å²) in [5.41, 5.74) is 8.18. The zero-order valence-electron chi connectivity index (χ0n) is 39.3. The summed E-state index contributed by atoms with van der Waals surface area (Å²) in [4.78, 5) is 84.6. The van der Waals surface area contributed by atoms with Crippen molar-refractivity contribution < 1.29 is 38.2 Å². The largest absolute Gasteiger partial charge is 0.464 e. The second-order valence-electron chi connectivity index (χ2n) is 19.0. The van der Waals surface area contributed by atoms with Crippen LogP contribution in [0.25, 0.3) is 22.3 Å². The highest BCUT2D eigenvalue weighted by Gasteiger charge is 2.41. The molecular weight excluding hydrogens is 831 g/mol. The van der Waals surface area contributed by atoms with Gasteiger partial charge in [0.2, 0.25) is 17.7 Å². The van der Waals surface area contributed by atoms with Crippen LogP contribution in [0.15, 0.2) is 43.1 Å². The SMILES string of the molecule is C=CC(=O)N1CCC(C(=O)N(C)[C@H](C(=O)N[C@H]2C[C@@H]3CN(CCO3)c3ccc4c(n3)c(c(-c3cccnc3[C@H](C)OC)n4CC)CC(C)(C)COC(=O)[C@@H]3CCCN(N3)C2=O)C(C)C)C1. The molecule has 4 aliphatic heterocycles. The van der Waals surface area contributed by atoms with Crippen molar-refractivity contribution in [3.05, 3.63) is 54.4 Å². The number of carbonyl (C=O) groups is 5. The number of ether oxygens (including phenoxy) is 3. The number of hydrogen-bond acceptors (Lipinski definition) is 12. The molecule has 0 spiro atoms. The first kappa shape index (κ1) is 47.6. The van der Waals surface area contributed by atoms with E-state index in [1.165, 1.54) is 16.0 Å². The number of fused-ring (bicyclic) bond motifs is 6. The van der Waals surface area contributed by atoms with Crippen molar-refractivity contribution in [3.8, 4) is 11.3 Å². The molecule has 3 aromatic heterocycles. The van der Waals surface area contributed by atoms with Crippen LogP contribution >= 0.6 is 0 Å². The number of carbonyl (C=O) groups excluding carboxylic acids is 5. The second-order valence-corrected chi connectivity index (χ2v) is 19.0. The molecule has 7 heterocycles. The highest BCUT2D eigenvalue weighted by molar-refractivity contribution is 5.94. The van der Waals surface area contributed by atoms with E-state index in [2.05, 4.69) is 59.7 Å². The molecule has 4 aliphatic rings. The van der Waals surface area contributed by atoms with Gasteiger partial charge in [0, 0.05) is 82.6 Å². The standard InChI is InChI=1S/C48H67N9O8/c1-10-39(58)55-21-18-31(26-55)45(60)53(8)42(29(3)4)44(59)50-36-24-32-27-54(22-23-64-32)38-17-16-37-41(51-38)34(43(56(37)11-2)33-14-12-19-49-40(33)30(5)63-9)25-48(6,7)28-65-47(62)35-15-13-20-57(52-35)46(36)61/h10,12,14,16-17,19,29-32,35-36,42,52H,1,11,13,15,18,20-28H2,2-9H3,(H,50,59)/t30-,31?,32+,35-,36-,42-/m0/s1. The van der Waals surface area contributed by atoms with Crippen LogP contribution in [-0.4, -0.2) is 143 Å². The molecule has 6 atom stereocenters. The van der Waals surface area contributed by atoms with Gasteiger partial charge in [0.05, 0.1) is 53.8 Å². The van der Waals surface area contributed by atoms with Gasteiger partial charge in [-0.05, 0) is 75.8 Å². The third kappa shape index (κ3) is 10.1. The Kier molecular flexibility index (Phi) is 14.6. The summed E-state index contributed by atoms with van der Waals surface area (Å²) in [6, 6.07) is 5.37. The van der Waals surface area contributed by atoms with Crippen LogP contribution in [0.1, 0.15) is 84.6 Å². The number of rotatable bonds is 10. The molecule has 17 nitrogen and oxygen atoms in total. The lowest BCUT2D eigenvalue weighted by Gasteiger charge is -2.39. The monoisotopic (exact) mass is 898 g/mol. The van der Waals surface area contributed by atoms with Crippen LogP contribution < -0.4 is 15.6 Å². The maximum Gasteiger partial charge on any atom is 0.324 e. The number of hydrazine groups is 1. The summed E-state index contributed by atoms with van der Waals surface area (Å²) >= 11 is 0. The smallest absolute Gasteiger partial charge is 0.324 e. The molecule has 4 amide bonds. The number of pyridine rings is 2. The van der Waals surface area contributed by atoms with Gasteiger partial charge in [0.1, 0.15) is 23.9 Å². The number of aromatic nitrogens is 3.